The average Bonchev–Trinajstić information content (AvgIpc) is 3.32. The lowest BCUT2D eigenvalue weighted by Crippen LogP contribution is -2.30. The maximum atomic E-state index is 13.2. The number of rotatable bonds is 7. The summed E-state index contributed by atoms with van der Waals surface area (Å²) < 4.78 is 15.7. The third-order valence-corrected chi connectivity index (χ3v) is 5.17. The van der Waals surface area contributed by atoms with Gasteiger partial charge in [0.25, 0.3) is 11.8 Å². The van der Waals surface area contributed by atoms with Crippen molar-refractivity contribution in [1.82, 2.24) is 5.32 Å². The molecule has 178 valence electrons. The van der Waals surface area contributed by atoms with Gasteiger partial charge in [-0.3, -0.25) is 9.59 Å². The molecule has 0 bridgehead atoms. The number of anilines is 1. The van der Waals surface area contributed by atoms with E-state index in [-0.39, 0.29) is 19.1 Å². The van der Waals surface area contributed by atoms with Crippen LogP contribution in [0.4, 0.5) is 5.69 Å². The van der Waals surface area contributed by atoms with Gasteiger partial charge in [-0.15, -0.1) is 0 Å². The van der Waals surface area contributed by atoms with Gasteiger partial charge in [-0.2, -0.15) is 0 Å². The number of aryl methyl sites for hydroxylation is 1. The van der Waals surface area contributed by atoms with Crippen LogP contribution in [0.25, 0.3) is 6.08 Å². The van der Waals surface area contributed by atoms with Crippen molar-refractivity contribution in [2.75, 3.05) is 18.7 Å². The number of hydrogen-bond donors (Lipinski definition) is 2. The number of benzene rings is 3. The SMILES string of the molecule is CCOC(=O)c1ccc(NC(=O)/C(=C/c2ccc3c(c2)OCO3)NC(=O)c2ccc(C)cc2)cc1. The molecule has 3 aromatic carbocycles. The molecule has 2 amide bonds. The van der Waals surface area contributed by atoms with Crippen LogP contribution in [0.2, 0.25) is 0 Å². The van der Waals surface area contributed by atoms with Crippen molar-refractivity contribution in [2.24, 2.45) is 0 Å². The highest BCUT2D eigenvalue weighted by atomic mass is 16.7. The molecule has 1 heterocycles. The lowest BCUT2D eigenvalue weighted by molar-refractivity contribution is -0.113. The molecule has 0 saturated carbocycles. The average molecular weight is 472 g/mol. The smallest absolute Gasteiger partial charge is 0.338 e. The molecule has 0 aromatic heterocycles. The van der Waals surface area contributed by atoms with Crippen LogP contribution in [0, 0.1) is 6.92 Å². The van der Waals surface area contributed by atoms with Gasteiger partial charge >= 0.3 is 5.97 Å². The van der Waals surface area contributed by atoms with Gasteiger partial charge in [0.2, 0.25) is 6.79 Å². The summed E-state index contributed by atoms with van der Waals surface area (Å²) in [4.78, 5) is 37.9. The molecule has 0 spiro atoms. The Labute approximate surface area is 202 Å². The second-order valence-electron chi connectivity index (χ2n) is 7.74. The molecular formula is C27H24N2O6. The van der Waals surface area contributed by atoms with Crippen molar-refractivity contribution in [2.45, 2.75) is 13.8 Å². The zero-order valence-electron chi connectivity index (χ0n) is 19.3. The molecule has 0 unspecified atom stereocenters. The van der Waals surface area contributed by atoms with E-state index in [1.807, 2.05) is 19.1 Å². The van der Waals surface area contributed by atoms with Gasteiger partial charge in [0.1, 0.15) is 5.70 Å². The summed E-state index contributed by atoms with van der Waals surface area (Å²) in [6, 6.07) is 18.5. The summed E-state index contributed by atoms with van der Waals surface area (Å²) in [5, 5.41) is 5.45. The Morgan fingerprint density at radius 1 is 0.914 bits per heavy atom. The van der Waals surface area contributed by atoms with Gasteiger partial charge < -0.3 is 24.8 Å². The molecule has 35 heavy (non-hydrogen) atoms. The molecule has 0 aliphatic carbocycles. The van der Waals surface area contributed by atoms with E-state index in [1.54, 1.807) is 67.6 Å². The van der Waals surface area contributed by atoms with Crippen LogP contribution < -0.4 is 20.1 Å². The monoisotopic (exact) mass is 472 g/mol. The first-order valence-electron chi connectivity index (χ1n) is 11.0. The number of amides is 2. The van der Waals surface area contributed by atoms with E-state index in [4.69, 9.17) is 14.2 Å². The first-order valence-corrected chi connectivity index (χ1v) is 11.0. The molecule has 2 N–H and O–H groups in total. The lowest BCUT2D eigenvalue weighted by Gasteiger charge is -2.12. The van der Waals surface area contributed by atoms with E-state index in [0.29, 0.717) is 33.9 Å². The first-order chi connectivity index (χ1) is 16.9. The summed E-state index contributed by atoms with van der Waals surface area (Å²) in [6.45, 7) is 4.05. The van der Waals surface area contributed by atoms with E-state index in [1.165, 1.54) is 0 Å². The Bertz CT molecular complexity index is 1280. The predicted molar refractivity (Wildman–Crippen MR) is 130 cm³/mol. The minimum absolute atomic E-state index is 0.0314. The number of ether oxygens (including phenoxy) is 3. The molecule has 0 atom stereocenters. The Kier molecular flexibility index (Phi) is 7.11. The van der Waals surface area contributed by atoms with Gasteiger partial charge in [0.05, 0.1) is 12.2 Å². The maximum Gasteiger partial charge on any atom is 0.338 e. The first kappa shape index (κ1) is 23.6. The molecule has 1 aliphatic rings. The van der Waals surface area contributed by atoms with Crippen LogP contribution in [-0.2, 0) is 9.53 Å². The number of nitrogens with one attached hydrogen (secondary N) is 2. The normalized spacial score (nSPS) is 12.1. The topological polar surface area (TPSA) is 103 Å². The van der Waals surface area contributed by atoms with Crippen LogP contribution in [-0.4, -0.2) is 31.2 Å². The zero-order chi connectivity index (χ0) is 24.8. The number of carbonyl (C=O) groups excluding carboxylic acids is 3. The lowest BCUT2D eigenvalue weighted by atomic mass is 10.1. The number of esters is 1. The molecule has 8 nitrogen and oxygen atoms in total. The van der Waals surface area contributed by atoms with E-state index in [0.717, 1.165) is 5.56 Å². The molecule has 0 radical (unpaired) electrons. The number of hydrogen-bond acceptors (Lipinski definition) is 6. The molecular weight excluding hydrogens is 448 g/mol. The minimum atomic E-state index is -0.535. The van der Waals surface area contributed by atoms with Crippen molar-refractivity contribution in [3.8, 4) is 11.5 Å². The fraction of sp³-hybridized carbons (Fsp3) is 0.148. The standard InChI is InChI=1S/C27H24N2O6/c1-3-33-27(32)20-9-11-21(12-10-20)28-26(31)22(29-25(30)19-7-4-17(2)5-8-19)14-18-6-13-23-24(15-18)35-16-34-23/h4-15H,3,16H2,1-2H3,(H,28,31)(H,29,30)/b22-14-. The summed E-state index contributed by atoms with van der Waals surface area (Å²) >= 11 is 0. The largest absolute Gasteiger partial charge is 0.462 e. The molecule has 4 rings (SSSR count). The van der Waals surface area contributed by atoms with Gasteiger partial charge in [-0.1, -0.05) is 23.8 Å². The third kappa shape index (κ3) is 5.86. The van der Waals surface area contributed by atoms with Gasteiger partial charge in [0.15, 0.2) is 11.5 Å². The Hall–Kier alpha value is -4.59. The van der Waals surface area contributed by atoms with E-state index < -0.39 is 17.8 Å². The Morgan fingerprint density at radius 3 is 2.31 bits per heavy atom. The Balaban J connectivity index is 1.57. The minimum Gasteiger partial charge on any atom is -0.462 e. The summed E-state index contributed by atoms with van der Waals surface area (Å²) in [7, 11) is 0. The maximum absolute atomic E-state index is 13.2. The molecule has 0 saturated heterocycles. The summed E-state index contributed by atoms with van der Waals surface area (Å²) in [6.07, 6.45) is 1.55. The van der Waals surface area contributed by atoms with Gasteiger partial charge in [0, 0.05) is 11.3 Å². The second-order valence-corrected chi connectivity index (χ2v) is 7.74. The van der Waals surface area contributed by atoms with E-state index >= 15 is 0 Å². The highest BCUT2D eigenvalue weighted by Crippen LogP contribution is 2.33. The van der Waals surface area contributed by atoms with Crippen molar-refractivity contribution >= 4 is 29.5 Å². The highest BCUT2D eigenvalue weighted by molar-refractivity contribution is 6.10. The van der Waals surface area contributed by atoms with Crippen molar-refractivity contribution < 1.29 is 28.6 Å². The van der Waals surface area contributed by atoms with E-state index in [2.05, 4.69) is 10.6 Å². The molecule has 0 fully saturated rings. The highest BCUT2D eigenvalue weighted by Gasteiger charge is 2.17. The molecule has 8 heteroatoms. The molecule has 3 aromatic rings. The van der Waals surface area contributed by atoms with Crippen LogP contribution >= 0.6 is 0 Å². The number of carbonyl (C=O) groups is 3. The quantitative estimate of drug-likeness (QED) is 0.392. The fourth-order valence-corrected chi connectivity index (χ4v) is 3.33. The molecule has 1 aliphatic heterocycles. The van der Waals surface area contributed by atoms with Crippen molar-refractivity contribution in [3.63, 3.8) is 0 Å². The van der Waals surface area contributed by atoms with Crippen LogP contribution in [0.5, 0.6) is 11.5 Å². The second kappa shape index (κ2) is 10.6. The summed E-state index contributed by atoms with van der Waals surface area (Å²) in [5.74, 6) is -0.243. The predicted octanol–water partition coefficient (Wildman–Crippen LogP) is 4.31. The van der Waals surface area contributed by atoms with Crippen molar-refractivity contribution in [3.05, 3.63) is 94.7 Å². The summed E-state index contributed by atoms with van der Waals surface area (Å²) in [5.41, 5.74) is 2.92. The van der Waals surface area contributed by atoms with Crippen LogP contribution in [0.15, 0.2) is 72.4 Å². The van der Waals surface area contributed by atoms with E-state index in [9.17, 15) is 14.4 Å². The van der Waals surface area contributed by atoms with Crippen molar-refractivity contribution in [1.29, 1.82) is 0 Å². The van der Waals surface area contributed by atoms with Gasteiger partial charge in [-0.25, -0.2) is 4.79 Å². The van der Waals surface area contributed by atoms with Crippen LogP contribution in [0.1, 0.15) is 38.8 Å². The third-order valence-electron chi connectivity index (χ3n) is 5.17. The zero-order valence-corrected chi connectivity index (χ0v) is 19.3. The fourth-order valence-electron chi connectivity index (χ4n) is 3.33. The van der Waals surface area contributed by atoms with Crippen LogP contribution in [0.3, 0.4) is 0 Å². The number of fused-ring (bicyclic) bond motifs is 1. The van der Waals surface area contributed by atoms with Gasteiger partial charge in [-0.05, 0) is 74.0 Å². The Morgan fingerprint density at radius 2 is 1.60 bits per heavy atom.